The van der Waals surface area contributed by atoms with Crippen LogP contribution in [0.3, 0.4) is 0 Å². The van der Waals surface area contributed by atoms with Gasteiger partial charge in [0.25, 0.3) is 5.91 Å². The van der Waals surface area contributed by atoms with E-state index in [-0.39, 0.29) is 18.0 Å². The molecular formula is C24H40N4O3. The number of carbonyl (C=O) groups is 2. The van der Waals surface area contributed by atoms with E-state index in [9.17, 15) is 14.7 Å². The largest absolute Gasteiger partial charge is 0.380 e. The van der Waals surface area contributed by atoms with E-state index < -0.39 is 5.60 Å². The maximum absolute atomic E-state index is 13.1. The summed E-state index contributed by atoms with van der Waals surface area (Å²) in [4.78, 5) is 29.1. The molecule has 0 spiro atoms. The summed E-state index contributed by atoms with van der Waals surface area (Å²) in [5, 5.41) is 13.6. The molecule has 5 rings (SSSR count). The van der Waals surface area contributed by atoms with Gasteiger partial charge in [-0.1, -0.05) is 0 Å². The lowest BCUT2D eigenvalue weighted by atomic mass is 9.65. The number of hydrogen-bond acceptors (Lipinski definition) is 5. The third-order valence-corrected chi connectivity index (χ3v) is 9.34. The summed E-state index contributed by atoms with van der Waals surface area (Å²) >= 11 is 0. The van der Waals surface area contributed by atoms with Crippen LogP contribution < -0.4 is 11.1 Å². The number of amides is 2. The standard InChI is InChI=1S/C24H40N4O3/c1-15-20-14-18(6-7-19(20)21(25)26-15)16-2-4-17(5-3-16)22(29)27-10-12-28(13-11-27)23(30)24(31)8-9-24/h15-21,26,31H,2-14,25H2,1H3. The number of nitrogens with zero attached hydrogens (tertiary/aromatic N) is 2. The van der Waals surface area contributed by atoms with Crippen LogP contribution in [0, 0.1) is 29.6 Å². The zero-order valence-corrected chi connectivity index (χ0v) is 19.0. The van der Waals surface area contributed by atoms with E-state index in [2.05, 4.69) is 12.2 Å². The average Bonchev–Trinajstić information content (AvgIpc) is 3.49. The summed E-state index contributed by atoms with van der Waals surface area (Å²) in [6.07, 6.45) is 9.59. The molecule has 2 saturated heterocycles. The molecule has 5 unspecified atom stereocenters. The van der Waals surface area contributed by atoms with E-state index in [1.165, 1.54) is 32.1 Å². The number of fused-ring (bicyclic) bond motifs is 1. The van der Waals surface area contributed by atoms with Gasteiger partial charge in [-0.15, -0.1) is 0 Å². The highest BCUT2D eigenvalue weighted by Gasteiger charge is 2.50. The molecule has 3 aliphatic carbocycles. The number of hydrogen-bond donors (Lipinski definition) is 3. The lowest BCUT2D eigenvalue weighted by molar-refractivity contribution is -0.148. The molecule has 31 heavy (non-hydrogen) atoms. The minimum atomic E-state index is -1.10. The third-order valence-electron chi connectivity index (χ3n) is 9.34. The smallest absolute Gasteiger partial charge is 0.254 e. The summed E-state index contributed by atoms with van der Waals surface area (Å²) in [7, 11) is 0. The first-order valence-corrected chi connectivity index (χ1v) is 12.7. The van der Waals surface area contributed by atoms with E-state index in [0.29, 0.717) is 56.9 Å². The molecule has 0 radical (unpaired) electrons. The summed E-state index contributed by atoms with van der Waals surface area (Å²) in [6.45, 7) is 4.62. The molecule has 5 atom stereocenters. The molecular weight excluding hydrogens is 392 g/mol. The maximum Gasteiger partial charge on any atom is 0.254 e. The zero-order valence-electron chi connectivity index (χ0n) is 19.0. The molecule has 3 saturated carbocycles. The Hall–Kier alpha value is -1.18. The molecule has 2 heterocycles. The van der Waals surface area contributed by atoms with Gasteiger partial charge < -0.3 is 20.6 Å². The highest BCUT2D eigenvalue weighted by molar-refractivity contribution is 5.88. The second kappa shape index (κ2) is 8.31. The van der Waals surface area contributed by atoms with Crippen LogP contribution in [0.25, 0.3) is 0 Å². The lowest BCUT2D eigenvalue weighted by Gasteiger charge is -2.42. The molecule has 0 aromatic heterocycles. The van der Waals surface area contributed by atoms with Gasteiger partial charge in [-0.2, -0.15) is 0 Å². The molecule has 7 heteroatoms. The molecule has 5 fully saturated rings. The van der Waals surface area contributed by atoms with Crippen LogP contribution in [-0.2, 0) is 9.59 Å². The van der Waals surface area contributed by atoms with E-state index in [4.69, 9.17) is 5.73 Å². The predicted molar refractivity (Wildman–Crippen MR) is 118 cm³/mol. The minimum Gasteiger partial charge on any atom is -0.380 e. The first-order chi connectivity index (χ1) is 14.9. The van der Waals surface area contributed by atoms with Gasteiger partial charge in [-0.05, 0) is 88.4 Å². The second-order valence-corrected chi connectivity index (χ2v) is 11.1. The van der Waals surface area contributed by atoms with Crippen LogP contribution in [0.1, 0.15) is 64.7 Å². The second-order valence-electron chi connectivity index (χ2n) is 11.1. The highest BCUT2D eigenvalue weighted by Crippen LogP contribution is 2.47. The van der Waals surface area contributed by atoms with Gasteiger partial charge >= 0.3 is 0 Å². The molecule has 174 valence electrons. The normalized spacial score (nSPS) is 42.2. The highest BCUT2D eigenvalue weighted by atomic mass is 16.3. The Morgan fingerprint density at radius 3 is 2.16 bits per heavy atom. The molecule has 7 nitrogen and oxygen atoms in total. The number of carbonyl (C=O) groups excluding carboxylic acids is 2. The summed E-state index contributed by atoms with van der Waals surface area (Å²) in [5.74, 6) is 3.25. The fraction of sp³-hybridized carbons (Fsp3) is 0.917. The van der Waals surface area contributed by atoms with E-state index in [0.717, 1.165) is 30.6 Å². The quantitative estimate of drug-likeness (QED) is 0.624. The Balaban J connectivity index is 1.08. The van der Waals surface area contributed by atoms with Crippen molar-refractivity contribution in [1.29, 1.82) is 0 Å². The van der Waals surface area contributed by atoms with Crippen LogP contribution in [-0.4, -0.2) is 70.7 Å². The lowest BCUT2D eigenvalue weighted by Crippen LogP contribution is -2.54. The van der Waals surface area contributed by atoms with Gasteiger partial charge in [-0.25, -0.2) is 0 Å². The van der Waals surface area contributed by atoms with Crippen molar-refractivity contribution in [2.45, 2.75) is 82.5 Å². The Kier molecular flexibility index (Phi) is 5.80. The van der Waals surface area contributed by atoms with Crippen molar-refractivity contribution in [2.24, 2.45) is 35.3 Å². The average molecular weight is 433 g/mol. The molecule has 5 aliphatic rings. The van der Waals surface area contributed by atoms with E-state index in [1.54, 1.807) is 4.90 Å². The van der Waals surface area contributed by atoms with Crippen molar-refractivity contribution < 1.29 is 14.7 Å². The molecule has 0 aromatic carbocycles. The topological polar surface area (TPSA) is 98.9 Å². The molecule has 4 N–H and O–H groups in total. The van der Waals surface area contributed by atoms with Crippen molar-refractivity contribution in [3.8, 4) is 0 Å². The van der Waals surface area contributed by atoms with Crippen molar-refractivity contribution >= 4 is 11.8 Å². The number of piperazine rings is 1. The van der Waals surface area contributed by atoms with Crippen LogP contribution in [0.2, 0.25) is 0 Å². The summed E-state index contributed by atoms with van der Waals surface area (Å²) in [5.41, 5.74) is 5.19. The number of aliphatic hydroxyl groups is 1. The van der Waals surface area contributed by atoms with Gasteiger partial charge in [0.1, 0.15) is 5.60 Å². The van der Waals surface area contributed by atoms with Gasteiger partial charge in [0.2, 0.25) is 5.91 Å². The molecule has 2 amide bonds. The van der Waals surface area contributed by atoms with Crippen LogP contribution in [0.15, 0.2) is 0 Å². The van der Waals surface area contributed by atoms with Crippen molar-refractivity contribution in [3.05, 3.63) is 0 Å². The number of nitrogens with two attached hydrogens (primary N) is 1. The number of nitrogens with one attached hydrogen (secondary N) is 1. The fourth-order valence-electron chi connectivity index (χ4n) is 7.11. The SMILES string of the molecule is CC1NC(N)C2CCC(C3CCC(C(=O)N4CCN(C(=O)C5(O)CC5)CC4)CC3)CC12. The van der Waals surface area contributed by atoms with Crippen molar-refractivity contribution in [1.82, 2.24) is 15.1 Å². The zero-order chi connectivity index (χ0) is 21.8. The minimum absolute atomic E-state index is 0.137. The first-order valence-electron chi connectivity index (χ1n) is 12.7. The fourth-order valence-corrected chi connectivity index (χ4v) is 7.11. The van der Waals surface area contributed by atoms with Crippen molar-refractivity contribution in [2.75, 3.05) is 26.2 Å². The summed E-state index contributed by atoms with van der Waals surface area (Å²) < 4.78 is 0. The molecule has 0 aromatic rings. The van der Waals surface area contributed by atoms with Crippen LogP contribution >= 0.6 is 0 Å². The monoisotopic (exact) mass is 432 g/mol. The Bertz CT molecular complexity index is 695. The Labute approximate surface area is 186 Å². The van der Waals surface area contributed by atoms with Crippen molar-refractivity contribution in [3.63, 3.8) is 0 Å². The van der Waals surface area contributed by atoms with Gasteiger partial charge in [0.05, 0.1) is 6.17 Å². The van der Waals surface area contributed by atoms with Crippen LogP contribution in [0.4, 0.5) is 0 Å². The third kappa shape index (κ3) is 4.13. The van der Waals surface area contributed by atoms with Gasteiger partial charge in [0.15, 0.2) is 0 Å². The predicted octanol–water partition coefficient (Wildman–Crippen LogP) is 1.30. The van der Waals surface area contributed by atoms with E-state index >= 15 is 0 Å². The van der Waals surface area contributed by atoms with Gasteiger partial charge in [-0.3, -0.25) is 14.9 Å². The summed E-state index contributed by atoms with van der Waals surface area (Å²) in [6, 6.07) is 0.534. The number of rotatable bonds is 3. The van der Waals surface area contributed by atoms with Crippen LogP contribution in [0.5, 0.6) is 0 Å². The molecule has 0 bridgehead atoms. The van der Waals surface area contributed by atoms with Gasteiger partial charge in [0, 0.05) is 38.1 Å². The Morgan fingerprint density at radius 1 is 0.903 bits per heavy atom. The Morgan fingerprint density at radius 2 is 1.52 bits per heavy atom. The maximum atomic E-state index is 13.1. The molecule has 2 aliphatic heterocycles. The van der Waals surface area contributed by atoms with E-state index in [1.807, 2.05) is 4.90 Å². The first kappa shape index (κ1) is 21.7.